The van der Waals surface area contributed by atoms with Crippen molar-refractivity contribution >= 4 is 39.8 Å². The molecule has 0 aliphatic rings. The monoisotopic (exact) mass is 414 g/mol. The molecule has 1 amide bonds. The number of aromatic nitrogens is 2. The molecule has 0 atom stereocenters. The maximum atomic E-state index is 12.0. The van der Waals surface area contributed by atoms with Crippen molar-refractivity contribution in [2.24, 2.45) is 0 Å². The van der Waals surface area contributed by atoms with Gasteiger partial charge in [-0.05, 0) is 48.7 Å². The zero-order valence-corrected chi connectivity index (χ0v) is 17.4. The first-order chi connectivity index (χ1) is 13.6. The van der Waals surface area contributed by atoms with Gasteiger partial charge in [0.25, 0.3) is 0 Å². The number of benzene rings is 2. The fraction of sp³-hybridized carbons (Fsp3) is 0.250. The molecule has 146 valence electrons. The molecular weight excluding hydrogens is 392 g/mol. The van der Waals surface area contributed by atoms with Crippen LogP contribution in [0.15, 0.2) is 52.9 Å². The van der Waals surface area contributed by atoms with E-state index in [-0.39, 0.29) is 5.91 Å². The molecule has 0 unspecified atom stereocenters. The van der Waals surface area contributed by atoms with Crippen molar-refractivity contribution in [2.45, 2.75) is 17.7 Å². The Morgan fingerprint density at radius 2 is 1.93 bits per heavy atom. The van der Waals surface area contributed by atoms with Crippen molar-refractivity contribution < 1.29 is 9.53 Å². The number of hydrogen-bond acceptors (Lipinski definition) is 7. The van der Waals surface area contributed by atoms with E-state index < -0.39 is 0 Å². The summed E-state index contributed by atoms with van der Waals surface area (Å²) in [7, 11) is 1.63. The number of thioether (sulfide) groups is 1. The fourth-order valence-corrected chi connectivity index (χ4v) is 4.12. The lowest BCUT2D eigenvalue weighted by atomic mass is 10.1. The Labute approximate surface area is 172 Å². The number of nitrogens with one attached hydrogen (secondary N) is 2. The van der Waals surface area contributed by atoms with E-state index in [1.807, 2.05) is 36.4 Å². The Bertz CT molecular complexity index is 913. The van der Waals surface area contributed by atoms with Crippen LogP contribution in [0, 0.1) is 6.92 Å². The Hall–Kier alpha value is -2.58. The largest absolute Gasteiger partial charge is 0.497 e. The summed E-state index contributed by atoms with van der Waals surface area (Å²) in [6.07, 6.45) is 0.831. The first-order valence-electron chi connectivity index (χ1n) is 8.82. The van der Waals surface area contributed by atoms with Gasteiger partial charge in [0.05, 0.1) is 12.9 Å². The summed E-state index contributed by atoms with van der Waals surface area (Å²) in [5.74, 6) is 1.12. The van der Waals surface area contributed by atoms with Gasteiger partial charge < -0.3 is 15.4 Å². The normalized spacial score (nSPS) is 10.5. The van der Waals surface area contributed by atoms with Crippen molar-refractivity contribution in [2.75, 3.05) is 24.7 Å². The number of amides is 1. The third-order valence-electron chi connectivity index (χ3n) is 4.05. The van der Waals surface area contributed by atoms with Crippen LogP contribution in [0.5, 0.6) is 5.75 Å². The maximum absolute atomic E-state index is 12.0. The number of hydrogen-bond donors (Lipinski definition) is 2. The average Bonchev–Trinajstić information content (AvgIpc) is 3.16. The minimum Gasteiger partial charge on any atom is -0.497 e. The number of carbonyl (C=O) groups is 1. The lowest BCUT2D eigenvalue weighted by Crippen LogP contribution is -2.27. The van der Waals surface area contributed by atoms with Crippen molar-refractivity contribution in [3.05, 3.63) is 59.7 Å². The smallest absolute Gasteiger partial charge is 0.230 e. The third-order valence-corrected chi connectivity index (χ3v) is 6.02. The van der Waals surface area contributed by atoms with Crippen molar-refractivity contribution in [3.63, 3.8) is 0 Å². The highest BCUT2D eigenvalue weighted by Crippen LogP contribution is 2.28. The molecule has 8 heteroatoms. The first-order valence-corrected chi connectivity index (χ1v) is 10.6. The van der Waals surface area contributed by atoms with Crippen LogP contribution in [0.3, 0.4) is 0 Å². The van der Waals surface area contributed by atoms with E-state index in [9.17, 15) is 4.79 Å². The molecule has 0 aliphatic heterocycles. The molecule has 0 bridgehead atoms. The van der Waals surface area contributed by atoms with E-state index in [1.165, 1.54) is 34.2 Å². The molecule has 0 radical (unpaired) electrons. The minimum atomic E-state index is -0.00144. The number of ether oxygens (including phenoxy) is 1. The van der Waals surface area contributed by atoms with Gasteiger partial charge in [0, 0.05) is 12.2 Å². The second-order valence-electron chi connectivity index (χ2n) is 6.04. The molecular formula is C20H22N4O2S2. The molecule has 0 aliphatic carbocycles. The lowest BCUT2D eigenvalue weighted by Gasteiger charge is -2.06. The summed E-state index contributed by atoms with van der Waals surface area (Å²) in [6.45, 7) is 2.71. The Kier molecular flexibility index (Phi) is 7.27. The van der Waals surface area contributed by atoms with Gasteiger partial charge in [0.1, 0.15) is 5.75 Å². The number of aryl methyl sites for hydroxylation is 1. The fourth-order valence-electron chi connectivity index (χ4n) is 2.52. The molecule has 2 aromatic carbocycles. The van der Waals surface area contributed by atoms with Crippen LogP contribution < -0.4 is 15.4 Å². The molecule has 28 heavy (non-hydrogen) atoms. The summed E-state index contributed by atoms with van der Waals surface area (Å²) >= 11 is 2.81. The van der Waals surface area contributed by atoms with Crippen LogP contribution in [0.1, 0.15) is 11.1 Å². The number of anilines is 2. The highest BCUT2D eigenvalue weighted by atomic mass is 32.2. The second-order valence-corrected chi connectivity index (χ2v) is 8.24. The van der Waals surface area contributed by atoms with Gasteiger partial charge in [-0.3, -0.25) is 4.79 Å². The summed E-state index contributed by atoms with van der Waals surface area (Å²) in [6, 6.07) is 15.8. The van der Waals surface area contributed by atoms with Gasteiger partial charge in [0.2, 0.25) is 11.0 Å². The van der Waals surface area contributed by atoms with E-state index >= 15 is 0 Å². The molecule has 0 fully saturated rings. The van der Waals surface area contributed by atoms with E-state index in [0.717, 1.165) is 22.2 Å². The topological polar surface area (TPSA) is 76.1 Å². The second kappa shape index (κ2) is 10.1. The Balaban J connectivity index is 1.41. The Morgan fingerprint density at radius 3 is 2.68 bits per heavy atom. The predicted octanol–water partition coefficient (Wildman–Crippen LogP) is 4.05. The molecule has 2 N–H and O–H groups in total. The van der Waals surface area contributed by atoms with Gasteiger partial charge in [-0.2, -0.15) is 0 Å². The average molecular weight is 415 g/mol. The van der Waals surface area contributed by atoms with E-state index in [1.54, 1.807) is 7.11 Å². The highest BCUT2D eigenvalue weighted by Gasteiger charge is 2.09. The summed E-state index contributed by atoms with van der Waals surface area (Å²) in [4.78, 5) is 12.0. The molecule has 6 nitrogen and oxygen atoms in total. The SMILES string of the molecule is COc1ccc(Nc2nnc(SCC(=O)NCCc3ccccc3C)s2)cc1. The van der Waals surface area contributed by atoms with Crippen molar-refractivity contribution in [3.8, 4) is 5.75 Å². The number of rotatable bonds is 9. The molecule has 1 heterocycles. The molecule has 3 aromatic rings. The minimum absolute atomic E-state index is 0.00144. The van der Waals surface area contributed by atoms with Crippen molar-refractivity contribution in [1.82, 2.24) is 15.5 Å². The summed E-state index contributed by atoms with van der Waals surface area (Å²) in [5.41, 5.74) is 3.41. The number of nitrogens with zero attached hydrogens (tertiary/aromatic N) is 2. The van der Waals surface area contributed by atoms with Gasteiger partial charge in [-0.15, -0.1) is 10.2 Å². The van der Waals surface area contributed by atoms with Crippen LogP contribution in [0.25, 0.3) is 0 Å². The Morgan fingerprint density at radius 1 is 1.14 bits per heavy atom. The standard InChI is InChI=1S/C20H22N4O2S2/c1-14-5-3-4-6-15(14)11-12-21-18(25)13-27-20-24-23-19(28-20)22-16-7-9-17(26-2)10-8-16/h3-10H,11-13H2,1-2H3,(H,21,25)(H,22,23). The van der Waals surface area contributed by atoms with E-state index in [4.69, 9.17) is 4.74 Å². The van der Waals surface area contributed by atoms with Crippen LogP contribution in [-0.4, -0.2) is 35.5 Å². The number of methoxy groups -OCH3 is 1. The maximum Gasteiger partial charge on any atom is 0.230 e. The predicted molar refractivity (Wildman–Crippen MR) is 115 cm³/mol. The summed E-state index contributed by atoms with van der Waals surface area (Å²) in [5, 5.41) is 15.1. The molecule has 0 saturated heterocycles. The van der Waals surface area contributed by atoms with Gasteiger partial charge >= 0.3 is 0 Å². The molecule has 0 saturated carbocycles. The first kappa shape index (κ1) is 20.2. The molecule has 1 aromatic heterocycles. The van der Waals surface area contributed by atoms with Gasteiger partial charge in [0.15, 0.2) is 4.34 Å². The van der Waals surface area contributed by atoms with Gasteiger partial charge in [-0.25, -0.2) is 0 Å². The van der Waals surface area contributed by atoms with Crippen LogP contribution >= 0.6 is 23.1 Å². The van der Waals surface area contributed by atoms with Crippen LogP contribution in [-0.2, 0) is 11.2 Å². The molecule has 0 spiro atoms. The zero-order valence-electron chi connectivity index (χ0n) is 15.8. The number of carbonyl (C=O) groups excluding carboxylic acids is 1. The van der Waals surface area contributed by atoms with Crippen LogP contribution in [0.2, 0.25) is 0 Å². The third kappa shape index (κ3) is 5.97. The van der Waals surface area contributed by atoms with Gasteiger partial charge in [-0.1, -0.05) is 47.4 Å². The quantitative estimate of drug-likeness (QED) is 0.515. The molecule has 3 rings (SSSR count). The van der Waals surface area contributed by atoms with E-state index in [2.05, 4.69) is 39.9 Å². The zero-order chi connectivity index (χ0) is 19.8. The van der Waals surface area contributed by atoms with Crippen molar-refractivity contribution in [1.29, 1.82) is 0 Å². The summed E-state index contributed by atoms with van der Waals surface area (Å²) < 4.78 is 5.90. The highest BCUT2D eigenvalue weighted by molar-refractivity contribution is 8.01. The lowest BCUT2D eigenvalue weighted by molar-refractivity contribution is -0.118. The van der Waals surface area contributed by atoms with Crippen LogP contribution in [0.4, 0.5) is 10.8 Å². The van der Waals surface area contributed by atoms with E-state index in [0.29, 0.717) is 17.4 Å².